The number of rotatable bonds is 6. The Morgan fingerprint density at radius 1 is 0.630 bits per heavy atom. The first-order valence-corrected chi connectivity index (χ1v) is 10.4. The van der Waals surface area contributed by atoms with Crippen LogP contribution in [0.1, 0.15) is 77.6 Å². The number of aryl methyl sites for hydroxylation is 2. The van der Waals surface area contributed by atoms with E-state index in [4.69, 9.17) is 0 Å². The fraction of sp³-hybridized carbons (Fsp3) is 0.440. The number of benzene rings is 2. The summed E-state index contributed by atoms with van der Waals surface area (Å²) >= 11 is 0. The molecule has 0 N–H and O–H groups in total. The lowest BCUT2D eigenvalue weighted by molar-refractivity contribution is 1.05. The van der Waals surface area contributed by atoms with Crippen LogP contribution in [0, 0.1) is 0 Å². The van der Waals surface area contributed by atoms with Crippen molar-refractivity contribution in [3.8, 4) is 0 Å². The predicted octanol–water partition coefficient (Wildman–Crippen LogP) is 7.14. The van der Waals surface area contributed by atoms with Crippen LogP contribution in [0.3, 0.4) is 0 Å². The smallest absolute Gasteiger partial charge is 0.129 e. The third kappa shape index (κ3) is 7.90. The summed E-state index contributed by atoms with van der Waals surface area (Å²) in [4.78, 5) is 9.31. The molecule has 0 fully saturated rings. The topological polar surface area (TPSA) is 24.7 Å². The zero-order valence-corrected chi connectivity index (χ0v) is 18.6. The molecule has 0 aliphatic carbocycles. The summed E-state index contributed by atoms with van der Waals surface area (Å²) < 4.78 is 0. The number of hydrogen-bond donors (Lipinski definition) is 0. The van der Waals surface area contributed by atoms with Crippen molar-refractivity contribution >= 4 is 11.4 Å². The minimum Gasteiger partial charge on any atom is -0.266 e. The second kappa shape index (κ2) is 14.9. The van der Waals surface area contributed by atoms with E-state index in [9.17, 15) is 0 Å². The number of aliphatic imine (C=N–C) groups is 2. The van der Waals surface area contributed by atoms with E-state index in [-0.39, 0.29) is 0 Å². The van der Waals surface area contributed by atoms with Gasteiger partial charge in [-0.1, -0.05) is 90.1 Å². The van der Waals surface area contributed by atoms with Crippen molar-refractivity contribution in [2.75, 3.05) is 6.67 Å². The van der Waals surface area contributed by atoms with Crippen LogP contribution < -0.4 is 0 Å². The molecular weight excluding hydrogens is 328 g/mol. The number of hydrogen-bond acceptors (Lipinski definition) is 2. The summed E-state index contributed by atoms with van der Waals surface area (Å²) in [6.07, 6.45) is 2.05. The van der Waals surface area contributed by atoms with E-state index >= 15 is 0 Å². The SMILES string of the molecule is CC.CC.CCc1ccccc1C(C)=NCN=C(C)c1ccccc1CC. The maximum atomic E-state index is 4.65. The molecule has 27 heavy (non-hydrogen) atoms. The average molecular weight is 367 g/mol. The predicted molar refractivity (Wildman–Crippen MR) is 124 cm³/mol. The molecule has 0 saturated heterocycles. The normalized spacial score (nSPS) is 11.1. The van der Waals surface area contributed by atoms with Gasteiger partial charge in [0.2, 0.25) is 0 Å². The Bertz CT molecular complexity index is 650. The molecule has 0 aromatic heterocycles. The lowest BCUT2D eigenvalue weighted by Crippen LogP contribution is -2.03. The molecule has 0 unspecified atom stereocenters. The average Bonchev–Trinajstić information content (AvgIpc) is 2.76. The van der Waals surface area contributed by atoms with Crippen molar-refractivity contribution in [2.24, 2.45) is 9.98 Å². The van der Waals surface area contributed by atoms with Gasteiger partial charge >= 0.3 is 0 Å². The molecule has 0 amide bonds. The van der Waals surface area contributed by atoms with E-state index in [0.717, 1.165) is 24.3 Å². The van der Waals surface area contributed by atoms with Crippen molar-refractivity contribution in [1.82, 2.24) is 0 Å². The quantitative estimate of drug-likeness (QED) is 0.485. The summed E-state index contributed by atoms with van der Waals surface area (Å²) in [7, 11) is 0. The molecule has 0 aliphatic rings. The van der Waals surface area contributed by atoms with Gasteiger partial charge in [-0.05, 0) is 48.9 Å². The summed E-state index contributed by atoms with van der Waals surface area (Å²) in [5.74, 6) is 0. The molecule has 148 valence electrons. The molecule has 0 spiro atoms. The largest absolute Gasteiger partial charge is 0.266 e. The van der Waals surface area contributed by atoms with E-state index in [1.165, 1.54) is 22.3 Å². The van der Waals surface area contributed by atoms with Gasteiger partial charge in [-0.25, -0.2) is 0 Å². The number of nitrogens with zero attached hydrogens (tertiary/aromatic N) is 2. The van der Waals surface area contributed by atoms with Gasteiger partial charge in [0.15, 0.2) is 0 Å². The van der Waals surface area contributed by atoms with Crippen LogP contribution in [-0.4, -0.2) is 18.1 Å². The minimum atomic E-state index is 0.480. The van der Waals surface area contributed by atoms with Gasteiger partial charge in [0, 0.05) is 11.4 Å². The van der Waals surface area contributed by atoms with Crippen molar-refractivity contribution in [3.05, 3.63) is 70.8 Å². The van der Waals surface area contributed by atoms with Gasteiger partial charge in [0.25, 0.3) is 0 Å². The molecule has 2 heteroatoms. The zero-order valence-electron chi connectivity index (χ0n) is 18.6. The lowest BCUT2D eigenvalue weighted by atomic mass is 10.0. The lowest BCUT2D eigenvalue weighted by Gasteiger charge is -2.08. The van der Waals surface area contributed by atoms with Gasteiger partial charge < -0.3 is 0 Å². The first-order valence-electron chi connectivity index (χ1n) is 10.4. The summed E-state index contributed by atoms with van der Waals surface area (Å²) in [6.45, 7) is 17.0. The Hall–Kier alpha value is -2.22. The Labute approximate surface area is 167 Å². The van der Waals surface area contributed by atoms with Crippen LogP contribution in [0.15, 0.2) is 58.5 Å². The summed E-state index contributed by atoms with van der Waals surface area (Å²) in [5.41, 5.74) is 7.26. The molecule has 0 atom stereocenters. The second-order valence-corrected chi connectivity index (χ2v) is 5.65. The van der Waals surface area contributed by atoms with Gasteiger partial charge in [-0.3, -0.25) is 9.98 Å². The van der Waals surface area contributed by atoms with Gasteiger partial charge in [0.1, 0.15) is 6.67 Å². The molecule has 0 aliphatic heterocycles. The van der Waals surface area contributed by atoms with Gasteiger partial charge in [-0.2, -0.15) is 0 Å². The molecule has 2 rings (SSSR count). The molecule has 2 nitrogen and oxygen atoms in total. The molecule has 2 aromatic carbocycles. The van der Waals surface area contributed by atoms with Crippen molar-refractivity contribution in [3.63, 3.8) is 0 Å². The van der Waals surface area contributed by atoms with Gasteiger partial charge in [0.05, 0.1) is 0 Å². The molecule has 0 bridgehead atoms. The molecule has 0 radical (unpaired) electrons. The third-order valence-electron chi connectivity index (χ3n) is 4.19. The second-order valence-electron chi connectivity index (χ2n) is 5.65. The van der Waals surface area contributed by atoms with E-state index in [1.807, 2.05) is 27.7 Å². The van der Waals surface area contributed by atoms with Crippen LogP contribution in [0.25, 0.3) is 0 Å². The molecular formula is C25H38N2. The Balaban J connectivity index is 0.00000158. The monoisotopic (exact) mass is 366 g/mol. The van der Waals surface area contributed by atoms with E-state index in [2.05, 4.69) is 86.2 Å². The standard InChI is InChI=1S/C21H26N2.2C2H6/c1-5-18-11-7-9-13-20(18)16(3)22-15-23-17(4)21-14-10-8-12-19(21)6-2;2*1-2/h7-14H,5-6,15H2,1-4H3;2*1-2H3. The van der Waals surface area contributed by atoms with Crippen molar-refractivity contribution < 1.29 is 0 Å². The van der Waals surface area contributed by atoms with Crippen LogP contribution in [0.5, 0.6) is 0 Å². The molecule has 2 aromatic rings. The van der Waals surface area contributed by atoms with Crippen LogP contribution in [0.2, 0.25) is 0 Å². The highest BCUT2D eigenvalue weighted by Gasteiger charge is 2.04. The first kappa shape index (κ1) is 24.8. The Morgan fingerprint density at radius 3 is 1.30 bits per heavy atom. The van der Waals surface area contributed by atoms with E-state index in [0.29, 0.717) is 6.67 Å². The Kier molecular flexibility index (Phi) is 13.7. The highest BCUT2D eigenvalue weighted by atomic mass is 14.9. The van der Waals surface area contributed by atoms with Crippen LogP contribution >= 0.6 is 0 Å². The van der Waals surface area contributed by atoms with E-state index < -0.39 is 0 Å². The maximum Gasteiger partial charge on any atom is 0.129 e. The van der Waals surface area contributed by atoms with Crippen molar-refractivity contribution in [1.29, 1.82) is 0 Å². The van der Waals surface area contributed by atoms with Gasteiger partial charge in [-0.15, -0.1) is 0 Å². The maximum absolute atomic E-state index is 4.65. The third-order valence-corrected chi connectivity index (χ3v) is 4.19. The zero-order chi connectivity index (χ0) is 20.7. The van der Waals surface area contributed by atoms with Crippen LogP contribution in [-0.2, 0) is 12.8 Å². The highest BCUT2D eigenvalue weighted by Crippen LogP contribution is 2.12. The summed E-state index contributed by atoms with van der Waals surface area (Å²) in [6, 6.07) is 16.9. The fourth-order valence-electron chi connectivity index (χ4n) is 2.78. The molecule has 0 saturated carbocycles. The first-order chi connectivity index (χ1) is 13.2. The molecule has 0 heterocycles. The Morgan fingerprint density at radius 2 is 0.963 bits per heavy atom. The summed E-state index contributed by atoms with van der Waals surface area (Å²) in [5, 5.41) is 0. The minimum absolute atomic E-state index is 0.480. The van der Waals surface area contributed by atoms with E-state index in [1.54, 1.807) is 0 Å². The van der Waals surface area contributed by atoms with Crippen molar-refractivity contribution in [2.45, 2.75) is 68.2 Å². The highest BCUT2D eigenvalue weighted by molar-refractivity contribution is 6.01. The fourth-order valence-corrected chi connectivity index (χ4v) is 2.78. The van der Waals surface area contributed by atoms with Crippen LogP contribution in [0.4, 0.5) is 0 Å².